The lowest BCUT2D eigenvalue weighted by Gasteiger charge is -2.11. The van der Waals surface area contributed by atoms with Crippen LogP contribution in [-0.2, 0) is 13.5 Å². The smallest absolute Gasteiger partial charge is 0.109 e. The zero-order valence-corrected chi connectivity index (χ0v) is 12.6. The van der Waals surface area contributed by atoms with Gasteiger partial charge in [-0.1, -0.05) is 12.1 Å². The molecular weight excluding hydrogens is 254 g/mol. The number of thioether (sulfide) groups is 1. The van der Waals surface area contributed by atoms with Crippen molar-refractivity contribution >= 4 is 11.8 Å². The molecular formula is C15H21N3S. The van der Waals surface area contributed by atoms with Crippen molar-refractivity contribution in [2.75, 3.05) is 12.8 Å². The predicted octanol–water partition coefficient (Wildman–Crippen LogP) is 3.04. The minimum atomic E-state index is 0.398. The third-order valence-corrected chi connectivity index (χ3v) is 4.30. The van der Waals surface area contributed by atoms with Crippen molar-refractivity contribution < 1.29 is 0 Å². The van der Waals surface area contributed by atoms with Crippen molar-refractivity contribution in [3.63, 3.8) is 0 Å². The fourth-order valence-electron chi connectivity index (χ4n) is 1.94. The summed E-state index contributed by atoms with van der Waals surface area (Å²) in [6, 6.07) is 9.14. The van der Waals surface area contributed by atoms with Gasteiger partial charge in [-0.05, 0) is 31.7 Å². The fourth-order valence-corrected chi connectivity index (χ4v) is 2.85. The number of benzene rings is 1. The largest absolute Gasteiger partial charge is 0.338 e. The van der Waals surface area contributed by atoms with Crippen molar-refractivity contribution in [3.05, 3.63) is 48.0 Å². The van der Waals surface area contributed by atoms with Gasteiger partial charge in [0.25, 0.3) is 0 Å². The summed E-state index contributed by atoms with van der Waals surface area (Å²) in [6.07, 6.45) is 4.85. The number of rotatable bonds is 6. The average molecular weight is 275 g/mol. The van der Waals surface area contributed by atoms with Crippen LogP contribution in [0.5, 0.6) is 0 Å². The van der Waals surface area contributed by atoms with E-state index in [1.165, 1.54) is 10.5 Å². The lowest BCUT2D eigenvalue weighted by atomic mass is 10.1. The molecule has 2 aromatic rings. The van der Waals surface area contributed by atoms with Crippen LogP contribution in [0.15, 0.2) is 41.6 Å². The molecule has 0 amide bonds. The second-order valence-electron chi connectivity index (χ2n) is 4.64. The summed E-state index contributed by atoms with van der Waals surface area (Å²) in [6.45, 7) is 2.18. The Morgan fingerprint density at radius 2 is 2.26 bits per heavy atom. The maximum atomic E-state index is 4.35. The number of nitrogens with zero attached hydrogens (tertiary/aromatic N) is 2. The first-order chi connectivity index (χ1) is 9.20. The number of aromatic nitrogens is 2. The summed E-state index contributed by atoms with van der Waals surface area (Å²) in [5.74, 6) is 2.20. The van der Waals surface area contributed by atoms with E-state index in [4.69, 9.17) is 0 Å². The number of aryl methyl sites for hydroxylation is 2. The van der Waals surface area contributed by atoms with Crippen molar-refractivity contribution in [2.45, 2.75) is 24.3 Å². The molecule has 0 bridgehead atoms. The molecule has 1 aromatic carbocycles. The molecule has 1 N–H and O–H groups in total. The molecule has 1 unspecified atom stereocenters. The van der Waals surface area contributed by atoms with Gasteiger partial charge in [-0.25, -0.2) is 4.98 Å². The van der Waals surface area contributed by atoms with Gasteiger partial charge in [-0.15, -0.1) is 11.8 Å². The SMILES string of the molecule is CNC(C)c1cccc(SCCc2nccn2C)c1. The van der Waals surface area contributed by atoms with Gasteiger partial charge >= 0.3 is 0 Å². The van der Waals surface area contributed by atoms with Crippen LogP contribution in [0.1, 0.15) is 24.4 Å². The molecule has 0 aliphatic heterocycles. The van der Waals surface area contributed by atoms with Gasteiger partial charge in [0.05, 0.1) is 0 Å². The number of imidazole rings is 1. The predicted molar refractivity (Wildman–Crippen MR) is 81.6 cm³/mol. The molecule has 0 fully saturated rings. The summed E-state index contributed by atoms with van der Waals surface area (Å²) >= 11 is 1.89. The lowest BCUT2D eigenvalue weighted by Crippen LogP contribution is -2.12. The highest BCUT2D eigenvalue weighted by atomic mass is 32.2. The van der Waals surface area contributed by atoms with Gasteiger partial charge < -0.3 is 9.88 Å². The van der Waals surface area contributed by atoms with E-state index >= 15 is 0 Å². The van der Waals surface area contributed by atoms with E-state index in [1.807, 2.05) is 38.3 Å². The van der Waals surface area contributed by atoms with Gasteiger partial charge in [0.15, 0.2) is 0 Å². The summed E-state index contributed by atoms with van der Waals surface area (Å²) in [5.41, 5.74) is 1.34. The van der Waals surface area contributed by atoms with E-state index in [0.717, 1.165) is 18.0 Å². The molecule has 0 saturated heterocycles. The van der Waals surface area contributed by atoms with Crippen molar-refractivity contribution in [1.82, 2.24) is 14.9 Å². The molecule has 19 heavy (non-hydrogen) atoms. The maximum Gasteiger partial charge on any atom is 0.109 e. The molecule has 0 radical (unpaired) electrons. The first-order valence-electron chi connectivity index (χ1n) is 6.57. The first kappa shape index (κ1) is 14.2. The van der Waals surface area contributed by atoms with Crippen LogP contribution in [0.2, 0.25) is 0 Å². The molecule has 1 heterocycles. The van der Waals surface area contributed by atoms with Gasteiger partial charge in [0, 0.05) is 42.6 Å². The summed E-state index contributed by atoms with van der Waals surface area (Å²) < 4.78 is 2.08. The first-order valence-corrected chi connectivity index (χ1v) is 7.55. The molecule has 0 saturated carbocycles. The van der Waals surface area contributed by atoms with Crippen LogP contribution in [0, 0.1) is 0 Å². The van der Waals surface area contributed by atoms with Gasteiger partial charge in [-0.2, -0.15) is 0 Å². The Morgan fingerprint density at radius 1 is 1.42 bits per heavy atom. The van der Waals surface area contributed by atoms with Crippen LogP contribution in [-0.4, -0.2) is 22.4 Å². The average Bonchev–Trinajstić information content (AvgIpc) is 2.84. The molecule has 1 atom stereocenters. The highest BCUT2D eigenvalue weighted by Gasteiger charge is 2.04. The Labute approximate surface area is 119 Å². The van der Waals surface area contributed by atoms with E-state index in [-0.39, 0.29) is 0 Å². The minimum absolute atomic E-state index is 0.398. The van der Waals surface area contributed by atoms with E-state index in [2.05, 4.69) is 46.1 Å². The zero-order valence-electron chi connectivity index (χ0n) is 11.8. The van der Waals surface area contributed by atoms with Crippen molar-refractivity contribution in [3.8, 4) is 0 Å². The maximum absolute atomic E-state index is 4.35. The molecule has 102 valence electrons. The monoisotopic (exact) mass is 275 g/mol. The van der Waals surface area contributed by atoms with E-state index in [9.17, 15) is 0 Å². The molecule has 0 spiro atoms. The molecule has 1 aromatic heterocycles. The molecule has 0 aliphatic rings. The number of hydrogen-bond acceptors (Lipinski definition) is 3. The molecule has 3 nitrogen and oxygen atoms in total. The van der Waals surface area contributed by atoms with Crippen LogP contribution in [0.4, 0.5) is 0 Å². The lowest BCUT2D eigenvalue weighted by molar-refractivity contribution is 0.651. The van der Waals surface area contributed by atoms with E-state index in [0.29, 0.717) is 6.04 Å². The summed E-state index contributed by atoms with van der Waals surface area (Å²) in [5, 5.41) is 3.27. The Balaban J connectivity index is 1.91. The molecule has 2 rings (SSSR count). The normalized spacial score (nSPS) is 12.6. The highest BCUT2D eigenvalue weighted by Crippen LogP contribution is 2.22. The quantitative estimate of drug-likeness (QED) is 0.822. The van der Waals surface area contributed by atoms with Crippen LogP contribution in [0.25, 0.3) is 0 Å². The van der Waals surface area contributed by atoms with E-state index < -0.39 is 0 Å². The van der Waals surface area contributed by atoms with Gasteiger partial charge in [0.1, 0.15) is 5.82 Å². The molecule has 4 heteroatoms. The second-order valence-corrected chi connectivity index (χ2v) is 5.80. The minimum Gasteiger partial charge on any atom is -0.338 e. The second kappa shape index (κ2) is 6.78. The highest BCUT2D eigenvalue weighted by molar-refractivity contribution is 7.99. The number of nitrogens with one attached hydrogen (secondary N) is 1. The third-order valence-electron chi connectivity index (χ3n) is 3.31. The fraction of sp³-hybridized carbons (Fsp3) is 0.400. The Kier molecular flexibility index (Phi) is 5.05. The number of hydrogen-bond donors (Lipinski definition) is 1. The third kappa shape index (κ3) is 3.85. The van der Waals surface area contributed by atoms with Gasteiger partial charge in [0.2, 0.25) is 0 Å². The Morgan fingerprint density at radius 3 is 2.95 bits per heavy atom. The standard InChI is InChI=1S/C15H21N3S/c1-12(16-2)13-5-4-6-14(11-13)19-10-7-15-17-8-9-18(15)3/h4-6,8-9,11-12,16H,7,10H2,1-3H3. The molecule has 0 aliphatic carbocycles. The topological polar surface area (TPSA) is 29.9 Å². The van der Waals surface area contributed by atoms with Crippen molar-refractivity contribution in [1.29, 1.82) is 0 Å². The Bertz CT molecular complexity index is 522. The van der Waals surface area contributed by atoms with Crippen LogP contribution in [0.3, 0.4) is 0 Å². The zero-order chi connectivity index (χ0) is 13.7. The van der Waals surface area contributed by atoms with Gasteiger partial charge in [-0.3, -0.25) is 0 Å². The van der Waals surface area contributed by atoms with Crippen LogP contribution >= 0.6 is 11.8 Å². The van der Waals surface area contributed by atoms with Crippen LogP contribution < -0.4 is 5.32 Å². The Hall–Kier alpha value is -1.26. The summed E-state index contributed by atoms with van der Waals surface area (Å²) in [7, 11) is 4.04. The van der Waals surface area contributed by atoms with E-state index in [1.54, 1.807) is 0 Å². The summed E-state index contributed by atoms with van der Waals surface area (Å²) in [4.78, 5) is 5.67. The van der Waals surface area contributed by atoms with Crippen molar-refractivity contribution in [2.24, 2.45) is 7.05 Å².